The number of carbonyl (C=O) groups is 1. The van der Waals surface area contributed by atoms with Crippen LogP contribution in [-0.2, 0) is 6.54 Å². The Bertz CT molecular complexity index is 1520. The molecule has 1 unspecified atom stereocenters. The largest absolute Gasteiger partial charge is 0.508 e. The third-order valence-electron chi connectivity index (χ3n) is 7.55. The Morgan fingerprint density at radius 3 is 2.50 bits per heavy atom. The Morgan fingerprint density at radius 2 is 1.78 bits per heavy atom. The van der Waals surface area contributed by atoms with E-state index in [2.05, 4.69) is 5.32 Å². The maximum atomic E-state index is 13.8. The van der Waals surface area contributed by atoms with Gasteiger partial charge in [0.25, 0.3) is 0 Å². The van der Waals surface area contributed by atoms with Crippen molar-refractivity contribution in [2.24, 2.45) is 5.92 Å². The molecule has 4 heterocycles. The number of ketones is 1. The number of phenolic OH excluding ortho intramolecular Hbond substituents is 1. The van der Waals surface area contributed by atoms with Crippen molar-refractivity contribution in [3.05, 3.63) is 86.2 Å². The molecule has 1 saturated heterocycles. The van der Waals surface area contributed by atoms with Gasteiger partial charge in [-0.15, -0.1) is 0 Å². The number of rotatable bonds is 3. The zero-order chi connectivity index (χ0) is 25.2. The summed E-state index contributed by atoms with van der Waals surface area (Å²) < 4.78 is 10.2. The predicted molar refractivity (Wildman–Crippen MR) is 133 cm³/mol. The highest BCUT2D eigenvalue weighted by Crippen LogP contribution is 2.46. The topological polar surface area (TPSA) is 107 Å². The van der Waals surface area contributed by atoms with Gasteiger partial charge >= 0.3 is 11.4 Å². The van der Waals surface area contributed by atoms with Gasteiger partial charge in [0.2, 0.25) is 0 Å². The SMILES string of the molecule is CC1(C)Oc2cc(O)ccc2C2C1=CCn1c(=O)n(-c3ccc(C(=O)C4CCNCC4)cc3)c(=O)n12. The molecule has 0 radical (unpaired) electrons. The number of fused-ring (bicyclic) bond motifs is 5. The quantitative estimate of drug-likeness (QED) is 0.433. The van der Waals surface area contributed by atoms with Crippen molar-refractivity contribution in [3.8, 4) is 17.2 Å². The summed E-state index contributed by atoms with van der Waals surface area (Å²) in [5.41, 5.74) is 0.941. The first-order valence-corrected chi connectivity index (χ1v) is 12.3. The molecule has 3 aliphatic rings. The van der Waals surface area contributed by atoms with E-state index in [0.29, 0.717) is 22.6 Å². The molecule has 0 saturated carbocycles. The molecule has 2 N–H and O–H groups in total. The van der Waals surface area contributed by atoms with Crippen LogP contribution in [0.2, 0.25) is 0 Å². The molecule has 6 rings (SSSR count). The number of phenols is 1. The van der Waals surface area contributed by atoms with Crippen LogP contribution in [0.15, 0.2) is 63.7 Å². The van der Waals surface area contributed by atoms with E-state index >= 15 is 0 Å². The lowest BCUT2D eigenvalue weighted by Crippen LogP contribution is -2.46. The third kappa shape index (κ3) is 3.37. The number of piperidine rings is 1. The van der Waals surface area contributed by atoms with Crippen molar-refractivity contribution in [2.75, 3.05) is 13.1 Å². The number of hydrogen-bond donors (Lipinski definition) is 2. The van der Waals surface area contributed by atoms with Crippen LogP contribution in [0, 0.1) is 5.92 Å². The molecule has 9 nitrogen and oxygen atoms in total. The van der Waals surface area contributed by atoms with Crippen LogP contribution in [0.25, 0.3) is 5.69 Å². The Balaban J connectivity index is 1.43. The van der Waals surface area contributed by atoms with Gasteiger partial charge in [0, 0.05) is 23.1 Å². The van der Waals surface area contributed by atoms with E-state index in [1.54, 1.807) is 36.4 Å². The number of aromatic nitrogens is 3. The second kappa shape index (κ2) is 8.09. The number of Topliss-reactive ketones (excluding diaryl/α,β-unsaturated/α-hetero) is 1. The normalized spacial score (nSPS) is 20.5. The van der Waals surface area contributed by atoms with Gasteiger partial charge in [-0.25, -0.2) is 23.5 Å². The van der Waals surface area contributed by atoms with Crippen LogP contribution in [0.4, 0.5) is 0 Å². The lowest BCUT2D eigenvalue weighted by molar-refractivity contribution is 0.0895. The first kappa shape index (κ1) is 22.6. The van der Waals surface area contributed by atoms with Crippen LogP contribution >= 0.6 is 0 Å². The van der Waals surface area contributed by atoms with E-state index in [0.717, 1.165) is 36.1 Å². The lowest BCUT2D eigenvalue weighted by atomic mass is 9.83. The summed E-state index contributed by atoms with van der Waals surface area (Å²) in [7, 11) is 0. The van der Waals surface area contributed by atoms with Gasteiger partial charge in [-0.2, -0.15) is 0 Å². The predicted octanol–water partition coefficient (Wildman–Crippen LogP) is 2.39. The zero-order valence-electron chi connectivity index (χ0n) is 20.2. The average molecular weight is 489 g/mol. The van der Waals surface area contributed by atoms with E-state index in [1.165, 1.54) is 15.4 Å². The standard InChI is InChI=1S/C27H28N4O5/c1-27(2)21-11-14-29-25(34)30(18-5-3-16(4-6-18)24(33)17-9-12-28-13-10-17)26(35)31(29)23(21)20-8-7-19(32)15-22(20)36-27/h3-8,11,15,17,23,28,32H,9-10,12-14H2,1-2H3. The minimum Gasteiger partial charge on any atom is -0.508 e. The number of ether oxygens (including phenoxy) is 1. The molecule has 1 aromatic heterocycles. The van der Waals surface area contributed by atoms with Crippen LogP contribution < -0.4 is 21.4 Å². The second-order valence-electron chi connectivity index (χ2n) is 10.2. The molecule has 0 aliphatic carbocycles. The van der Waals surface area contributed by atoms with E-state index in [1.807, 2.05) is 19.9 Å². The summed E-state index contributed by atoms with van der Waals surface area (Å²) in [6.07, 6.45) is 3.56. The van der Waals surface area contributed by atoms with Gasteiger partial charge in [-0.3, -0.25) is 4.79 Å². The van der Waals surface area contributed by atoms with E-state index in [9.17, 15) is 19.5 Å². The van der Waals surface area contributed by atoms with Crippen LogP contribution in [0.5, 0.6) is 11.5 Å². The van der Waals surface area contributed by atoms with Crippen molar-refractivity contribution >= 4 is 5.78 Å². The summed E-state index contributed by atoms with van der Waals surface area (Å²) >= 11 is 0. The maximum Gasteiger partial charge on any atom is 0.352 e. The van der Waals surface area contributed by atoms with Gasteiger partial charge in [-0.1, -0.05) is 6.08 Å². The highest BCUT2D eigenvalue weighted by atomic mass is 16.5. The number of allylic oxidation sites excluding steroid dienone is 1. The number of hydrogen-bond acceptors (Lipinski definition) is 6. The Morgan fingerprint density at radius 1 is 1.06 bits per heavy atom. The molecular formula is C27H28N4O5. The first-order valence-electron chi connectivity index (χ1n) is 12.3. The first-order chi connectivity index (χ1) is 17.3. The van der Waals surface area contributed by atoms with Crippen molar-refractivity contribution < 1.29 is 14.6 Å². The Kier molecular flexibility index (Phi) is 5.08. The van der Waals surface area contributed by atoms with Crippen LogP contribution in [0.1, 0.15) is 48.7 Å². The number of nitrogens with zero attached hydrogens (tertiary/aromatic N) is 3. The lowest BCUT2D eigenvalue weighted by Gasteiger charge is -2.42. The highest BCUT2D eigenvalue weighted by molar-refractivity contribution is 5.98. The fraction of sp³-hybridized carbons (Fsp3) is 0.370. The summed E-state index contributed by atoms with van der Waals surface area (Å²) in [5, 5.41) is 13.3. The van der Waals surface area contributed by atoms with E-state index < -0.39 is 23.0 Å². The van der Waals surface area contributed by atoms with E-state index in [4.69, 9.17) is 4.74 Å². The smallest absolute Gasteiger partial charge is 0.352 e. The van der Waals surface area contributed by atoms with Gasteiger partial charge in [0.1, 0.15) is 23.1 Å². The number of benzene rings is 2. The zero-order valence-corrected chi connectivity index (χ0v) is 20.2. The molecule has 186 valence electrons. The van der Waals surface area contributed by atoms with Gasteiger partial charge < -0.3 is 15.2 Å². The number of carbonyl (C=O) groups excluding carboxylic acids is 1. The molecular weight excluding hydrogens is 460 g/mol. The summed E-state index contributed by atoms with van der Waals surface area (Å²) in [4.78, 5) is 40.1. The van der Waals surface area contributed by atoms with E-state index in [-0.39, 0.29) is 24.0 Å². The number of aromatic hydroxyl groups is 1. The number of nitrogens with one attached hydrogen (secondary N) is 1. The van der Waals surface area contributed by atoms with Crippen LogP contribution in [-0.4, -0.2) is 43.5 Å². The van der Waals surface area contributed by atoms with Crippen molar-refractivity contribution in [1.82, 2.24) is 19.2 Å². The molecule has 0 bridgehead atoms. The molecule has 9 heteroatoms. The summed E-state index contributed by atoms with van der Waals surface area (Å²) in [6.45, 7) is 5.72. The summed E-state index contributed by atoms with van der Waals surface area (Å²) in [5.74, 6) is 0.632. The van der Waals surface area contributed by atoms with Crippen molar-refractivity contribution in [2.45, 2.75) is 44.9 Å². The molecule has 0 spiro atoms. The monoisotopic (exact) mass is 488 g/mol. The fourth-order valence-electron chi connectivity index (χ4n) is 5.70. The minimum atomic E-state index is -0.731. The van der Waals surface area contributed by atoms with Crippen molar-refractivity contribution in [3.63, 3.8) is 0 Å². The third-order valence-corrected chi connectivity index (χ3v) is 7.55. The van der Waals surface area contributed by atoms with Crippen molar-refractivity contribution in [1.29, 1.82) is 0 Å². The average Bonchev–Trinajstić information content (AvgIpc) is 3.13. The molecule has 1 fully saturated rings. The molecule has 2 aromatic carbocycles. The maximum absolute atomic E-state index is 13.8. The molecule has 3 aromatic rings. The Hall–Kier alpha value is -3.85. The molecule has 36 heavy (non-hydrogen) atoms. The molecule has 0 amide bonds. The summed E-state index contributed by atoms with van der Waals surface area (Å²) in [6, 6.07) is 11.0. The van der Waals surface area contributed by atoms with Gasteiger partial charge in [0.15, 0.2) is 5.78 Å². The Labute approximate surface area is 207 Å². The van der Waals surface area contributed by atoms with Crippen LogP contribution in [0.3, 0.4) is 0 Å². The minimum absolute atomic E-state index is 0.00637. The second-order valence-corrected chi connectivity index (χ2v) is 10.2. The fourth-order valence-corrected chi connectivity index (χ4v) is 5.70. The van der Waals surface area contributed by atoms with Gasteiger partial charge in [0.05, 0.1) is 12.2 Å². The van der Waals surface area contributed by atoms with Gasteiger partial charge in [-0.05, 0) is 81.7 Å². The highest BCUT2D eigenvalue weighted by Gasteiger charge is 2.43. The molecule has 1 atom stereocenters. The molecule has 3 aliphatic heterocycles.